The van der Waals surface area contributed by atoms with Gasteiger partial charge in [-0.15, -0.1) is 0 Å². The van der Waals surface area contributed by atoms with Crippen molar-refractivity contribution in [3.05, 3.63) is 0 Å². The topological polar surface area (TPSA) is 49.3 Å². The number of rotatable bonds is 2. The lowest BCUT2D eigenvalue weighted by Crippen LogP contribution is -2.44. The Morgan fingerprint density at radius 1 is 1.33 bits per heavy atom. The van der Waals surface area contributed by atoms with Crippen LogP contribution in [0, 0.1) is 5.41 Å². The summed E-state index contributed by atoms with van der Waals surface area (Å²) in [6.07, 6.45) is -0.931. The van der Waals surface area contributed by atoms with Gasteiger partial charge in [-0.25, -0.2) is 0 Å². The van der Waals surface area contributed by atoms with Crippen molar-refractivity contribution in [1.29, 1.82) is 0 Å². The van der Waals surface area contributed by atoms with Crippen LogP contribution in [0.15, 0.2) is 0 Å². The van der Waals surface area contributed by atoms with Crippen LogP contribution in [0.2, 0.25) is 0 Å². The molecular weight excluding hydrogens is 154 g/mol. The molecule has 1 atom stereocenters. The standard InChI is InChI=1S/C9H19NO2/c1-6(2)10-8(12)7(11)9(3,4)5/h6-7,11H,1-5H3,(H,10,12). The van der Waals surface area contributed by atoms with E-state index in [0.717, 1.165) is 0 Å². The molecule has 0 aromatic rings. The third-order valence-electron chi connectivity index (χ3n) is 1.50. The molecule has 0 heterocycles. The first-order valence-electron chi connectivity index (χ1n) is 4.23. The number of hydrogen-bond acceptors (Lipinski definition) is 2. The molecule has 72 valence electrons. The molecule has 2 N–H and O–H groups in total. The first-order chi connectivity index (χ1) is 5.25. The highest BCUT2D eigenvalue weighted by Crippen LogP contribution is 2.18. The summed E-state index contributed by atoms with van der Waals surface area (Å²) < 4.78 is 0. The Morgan fingerprint density at radius 2 is 1.75 bits per heavy atom. The Bertz CT molecular complexity index is 158. The molecule has 0 aliphatic heterocycles. The second-order valence-electron chi connectivity index (χ2n) is 4.43. The Balaban J connectivity index is 4.12. The lowest BCUT2D eigenvalue weighted by Gasteiger charge is -2.25. The molecule has 12 heavy (non-hydrogen) atoms. The fourth-order valence-electron chi connectivity index (χ4n) is 0.757. The zero-order valence-electron chi connectivity index (χ0n) is 8.51. The van der Waals surface area contributed by atoms with Crippen molar-refractivity contribution in [2.45, 2.75) is 46.8 Å². The van der Waals surface area contributed by atoms with Crippen LogP contribution >= 0.6 is 0 Å². The normalized spacial score (nSPS) is 14.6. The van der Waals surface area contributed by atoms with Crippen LogP contribution in [0.25, 0.3) is 0 Å². The van der Waals surface area contributed by atoms with E-state index in [4.69, 9.17) is 0 Å². The zero-order chi connectivity index (χ0) is 9.94. The summed E-state index contributed by atoms with van der Waals surface area (Å²) in [5, 5.41) is 12.2. The molecule has 0 aromatic heterocycles. The fourth-order valence-corrected chi connectivity index (χ4v) is 0.757. The third-order valence-corrected chi connectivity index (χ3v) is 1.50. The Kier molecular flexibility index (Phi) is 3.71. The van der Waals surface area contributed by atoms with Crippen LogP contribution in [-0.4, -0.2) is 23.2 Å². The van der Waals surface area contributed by atoms with Gasteiger partial charge in [0.05, 0.1) is 0 Å². The summed E-state index contributed by atoms with van der Waals surface area (Å²) in [4.78, 5) is 11.2. The van der Waals surface area contributed by atoms with Gasteiger partial charge in [0.2, 0.25) is 5.91 Å². The van der Waals surface area contributed by atoms with E-state index in [1.165, 1.54) is 0 Å². The Morgan fingerprint density at radius 3 is 2.00 bits per heavy atom. The van der Waals surface area contributed by atoms with Crippen molar-refractivity contribution in [3.8, 4) is 0 Å². The molecule has 0 aliphatic carbocycles. The average molecular weight is 173 g/mol. The van der Waals surface area contributed by atoms with Crippen LogP contribution in [0.4, 0.5) is 0 Å². The van der Waals surface area contributed by atoms with Crippen molar-refractivity contribution in [1.82, 2.24) is 5.32 Å². The molecule has 0 radical (unpaired) electrons. The number of carbonyl (C=O) groups is 1. The fraction of sp³-hybridized carbons (Fsp3) is 0.889. The molecule has 1 amide bonds. The van der Waals surface area contributed by atoms with Crippen molar-refractivity contribution >= 4 is 5.91 Å². The molecule has 3 nitrogen and oxygen atoms in total. The van der Waals surface area contributed by atoms with Crippen molar-refractivity contribution in [2.24, 2.45) is 5.41 Å². The van der Waals surface area contributed by atoms with E-state index in [1.807, 2.05) is 34.6 Å². The SMILES string of the molecule is CC(C)NC(=O)C(O)C(C)(C)C. The van der Waals surface area contributed by atoms with Gasteiger partial charge in [-0.05, 0) is 19.3 Å². The number of aliphatic hydroxyl groups is 1. The van der Waals surface area contributed by atoms with Gasteiger partial charge >= 0.3 is 0 Å². The van der Waals surface area contributed by atoms with E-state index in [-0.39, 0.29) is 17.4 Å². The number of nitrogens with one attached hydrogen (secondary N) is 1. The molecule has 0 rings (SSSR count). The number of carbonyl (C=O) groups excluding carboxylic acids is 1. The number of hydrogen-bond donors (Lipinski definition) is 2. The maximum absolute atomic E-state index is 11.2. The molecule has 3 heteroatoms. The van der Waals surface area contributed by atoms with Crippen molar-refractivity contribution < 1.29 is 9.90 Å². The second kappa shape index (κ2) is 3.90. The van der Waals surface area contributed by atoms with E-state index < -0.39 is 6.10 Å². The molecule has 0 fully saturated rings. The Labute approximate surface area is 74.2 Å². The van der Waals surface area contributed by atoms with Crippen LogP contribution in [0.1, 0.15) is 34.6 Å². The van der Waals surface area contributed by atoms with Crippen LogP contribution in [0.5, 0.6) is 0 Å². The quantitative estimate of drug-likeness (QED) is 0.652. The average Bonchev–Trinajstić information content (AvgIpc) is 1.82. The van der Waals surface area contributed by atoms with Crippen molar-refractivity contribution in [2.75, 3.05) is 0 Å². The highest BCUT2D eigenvalue weighted by atomic mass is 16.3. The third kappa shape index (κ3) is 3.72. The van der Waals surface area contributed by atoms with Crippen LogP contribution < -0.4 is 5.32 Å². The monoisotopic (exact) mass is 173 g/mol. The van der Waals surface area contributed by atoms with Gasteiger partial charge in [0.25, 0.3) is 0 Å². The molecule has 0 spiro atoms. The van der Waals surface area contributed by atoms with E-state index in [2.05, 4.69) is 5.32 Å². The van der Waals surface area contributed by atoms with E-state index in [1.54, 1.807) is 0 Å². The molecule has 0 aliphatic rings. The van der Waals surface area contributed by atoms with Gasteiger partial charge in [0.1, 0.15) is 6.10 Å². The molecular formula is C9H19NO2. The molecule has 1 unspecified atom stereocenters. The van der Waals surface area contributed by atoms with E-state index in [0.29, 0.717) is 0 Å². The van der Waals surface area contributed by atoms with Crippen LogP contribution in [-0.2, 0) is 4.79 Å². The van der Waals surface area contributed by atoms with Gasteiger partial charge in [-0.2, -0.15) is 0 Å². The largest absolute Gasteiger partial charge is 0.383 e. The van der Waals surface area contributed by atoms with Gasteiger partial charge in [0.15, 0.2) is 0 Å². The smallest absolute Gasteiger partial charge is 0.249 e. The zero-order valence-corrected chi connectivity index (χ0v) is 8.51. The Hall–Kier alpha value is -0.570. The molecule has 0 aromatic carbocycles. The van der Waals surface area contributed by atoms with E-state index in [9.17, 15) is 9.90 Å². The highest BCUT2D eigenvalue weighted by Gasteiger charge is 2.28. The highest BCUT2D eigenvalue weighted by molar-refractivity contribution is 5.81. The lowest BCUT2D eigenvalue weighted by atomic mass is 9.88. The van der Waals surface area contributed by atoms with Crippen LogP contribution in [0.3, 0.4) is 0 Å². The minimum absolute atomic E-state index is 0.0782. The molecule has 0 saturated carbocycles. The van der Waals surface area contributed by atoms with Gasteiger partial charge in [-0.3, -0.25) is 4.79 Å². The minimum Gasteiger partial charge on any atom is -0.383 e. The summed E-state index contributed by atoms with van der Waals surface area (Å²) in [7, 11) is 0. The summed E-state index contributed by atoms with van der Waals surface area (Å²) >= 11 is 0. The van der Waals surface area contributed by atoms with Gasteiger partial charge in [0, 0.05) is 6.04 Å². The summed E-state index contributed by atoms with van der Waals surface area (Å²) in [6.45, 7) is 9.23. The minimum atomic E-state index is -0.931. The predicted molar refractivity (Wildman–Crippen MR) is 48.7 cm³/mol. The number of amides is 1. The first-order valence-corrected chi connectivity index (χ1v) is 4.23. The second-order valence-corrected chi connectivity index (χ2v) is 4.43. The maximum Gasteiger partial charge on any atom is 0.249 e. The maximum atomic E-state index is 11.2. The molecule has 0 bridgehead atoms. The lowest BCUT2D eigenvalue weighted by molar-refractivity contribution is -0.135. The number of aliphatic hydroxyl groups excluding tert-OH is 1. The molecule has 0 saturated heterocycles. The van der Waals surface area contributed by atoms with Gasteiger partial charge < -0.3 is 10.4 Å². The summed E-state index contributed by atoms with van der Waals surface area (Å²) in [6, 6.07) is 0.0782. The summed E-state index contributed by atoms with van der Waals surface area (Å²) in [5.74, 6) is -0.294. The van der Waals surface area contributed by atoms with Crippen molar-refractivity contribution in [3.63, 3.8) is 0 Å². The van der Waals surface area contributed by atoms with Gasteiger partial charge in [-0.1, -0.05) is 20.8 Å². The summed E-state index contributed by atoms with van der Waals surface area (Å²) in [5.41, 5.74) is -0.390. The predicted octanol–water partition coefficient (Wildman–Crippen LogP) is 0.918. The first kappa shape index (κ1) is 11.4. The van der Waals surface area contributed by atoms with E-state index >= 15 is 0 Å².